The van der Waals surface area contributed by atoms with Crippen molar-refractivity contribution >= 4 is 5.69 Å². The summed E-state index contributed by atoms with van der Waals surface area (Å²) in [6.07, 6.45) is 3.91. The summed E-state index contributed by atoms with van der Waals surface area (Å²) in [4.78, 5) is 4.27. The second kappa shape index (κ2) is 4.57. The number of hydrogen-bond donors (Lipinski definition) is 1. The zero-order chi connectivity index (χ0) is 12.4. The monoisotopic (exact) mass is 230 g/mol. The first kappa shape index (κ1) is 11.6. The van der Waals surface area contributed by atoms with Crippen LogP contribution in [-0.2, 0) is 7.05 Å². The van der Waals surface area contributed by atoms with Gasteiger partial charge in [0.15, 0.2) is 0 Å². The molecule has 1 unspecified atom stereocenters. The van der Waals surface area contributed by atoms with Crippen molar-refractivity contribution < 1.29 is 0 Å². The molecule has 0 fully saturated rings. The normalized spacial score (nSPS) is 12.5. The summed E-state index contributed by atoms with van der Waals surface area (Å²) in [6, 6.07) is 4.28. The Labute approximate surface area is 102 Å². The number of aryl methyl sites for hydroxylation is 3. The highest BCUT2D eigenvalue weighted by atomic mass is 15.3. The maximum absolute atomic E-state index is 4.35. The molecule has 1 atom stereocenters. The Bertz CT molecular complexity index is 499. The molecule has 4 heteroatoms. The van der Waals surface area contributed by atoms with Gasteiger partial charge in [-0.3, -0.25) is 9.67 Å². The molecule has 2 heterocycles. The van der Waals surface area contributed by atoms with Crippen LogP contribution >= 0.6 is 0 Å². The highest BCUT2D eigenvalue weighted by Gasteiger charge is 2.11. The summed E-state index contributed by atoms with van der Waals surface area (Å²) in [5.41, 5.74) is 4.34. The van der Waals surface area contributed by atoms with E-state index >= 15 is 0 Å². The maximum atomic E-state index is 4.35. The molecule has 0 aliphatic carbocycles. The van der Waals surface area contributed by atoms with E-state index in [0.29, 0.717) is 0 Å². The van der Waals surface area contributed by atoms with Crippen LogP contribution in [0.4, 0.5) is 5.69 Å². The van der Waals surface area contributed by atoms with Gasteiger partial charge in [0.1, 0.15) is 0 Å². The van der Waals surface area contributed by atoms with E-state index in [1.165, 1.54) is 5.56 Å². The zero-order valence-corrected chi connectivity index (χ0v) is 10.7. The van der Waals surface area contributed by atoms with Gasteiger partial charge in [0.25, 0.3) is 0 Å². The third kappa shape index (κ3) is 2.64. The summed E-state index contributed by atoms with van der Waals surface area (Å²) in [6.45, 7) is 6.14. The smallest absolute Gasteiger partial charge is 0.0646 e. The quantitative estimate of drug-likeness (QED) is 0.881. The van der Waals surface area contributed by atoms with Crippen LogP contribution < -0.4 is 5.32 Å². The zero-order valence-electron chi connectivity index (χ0n) is 10.7. The third-order valence-corrected chi connectivity index (χ3v) is 2.81. The first-order valence-corrected chi connectivity index (χ1v) is 5.75. The average molecular weight is 230 g/mol. The molecule has 0 spiro atoms. The lowest BCUT2D eigenvalue weighted by Gasteiger charge is -2.14. The highest BCUT2D eigenvalue weighted by Crippen LogP contribution is 2.20. The van der Waals surface area contributed by atoms with E-state index in [1.807, 2.05) is 43.9 Å². The Kier molecular flexibility index (Phi) is 3.13. The fraction of sp³-hybridized carbons (Fsp3) is 0.385. The molecule has 2 rings (SSSR count). The molecule has 0 aliphatic rings. The molecule has 0 amide bonds. The Balaban J connectivity index is 2.14. The van der Waals surface area contributed by atoms with E-state index in [1.54, 1.807) is 0 Å². The van der Waals surface area contributed by atoms with E-state index in [4.69, 9.17) is 0 Å². The molecule has 0 aromatic carbocycles. The van der Waals surface area contributed by atoms with Gasteiger partial charge < -0.3 is 5.32 Å². The lowest BCUT2D eigenvalue weighted by Crippen LogP contribution is -2.07. The van der Waals surface area contributed by atoms with E-state index in [-0.39, 0.29) is 6.04 Å². The molecule has 0 saturated heterocycles. The van der Waals surface area contributed by atoms with E-state index < -0.39 is 0 Å². The van der Waals surface area contributed by atoms with Crippen LogP contribution in [0, 0.1) is 13.8 Å². The number of hydrogen-bond acceptors (Lipinski definition) is 3. The average Bonchev–Trinajstić information content (AvgIpc) is 2.61. The van der Waals surface area contributed by atoms with E-state index in [0.717, 1.165) is 17.1 Å². The van der Waals surface area contributed by atoms with Gasteiger partial charge in [-0.2, -0.15) is 5.10 Å². The van der Waals surface area contributed by atoms with Gasteiger partial charge in [-0.05, 0) is 32.9 Å². The predicted molar refractivity (Wildman–Crippen MR) is 69.0 cm³/mol. The van der Waals surface area contributed by atoms with Crippen LogP contribution in [0.1, 0.15) is 29.9 Å². The number of aromatic nitrogens is 3. The summed E-state index contributed by atoms with van der Waals surface area (Å²) in [7, 11) is 1.94. The molecule has 1 N–H and O–H groups in total. The maximum Gasteiger partial charge on any atom is 0.0646 e. The van der Waals surface area contributed by atoms with Gasteiger partial charge in [-0.1, -0.05) is 0 Å². The first-order chi connectivity index (χ1) is 8.06. The van der Waals surface area contributed by atoms with Gasteiger partial charge in [-0.15, -0.1) is 0 Å². The lowest BCUT2D eigenvalue weighted by atomic mass is 10.1. The second-order valence-corrected chi connectivity index (χ2v) is 4.40. The molecule has 0 bridgehead atoms. The van der Waals surface area contributed by atoms with Crippen LogP contribution in [0.3, 0.4) is 0 Å². The molecular weight excluding hydrogens is 212 g/mol. The standard InChI is InChI=1S/C13H18N4/c1-9-5-6-12(7-14-9)15-10(2)13-8-17(4)16-11(13)3/h5-8,10,15H,1-4H3. The molecule has 0 radical (unpaired) electrons. The Morgan fingerprint density at radius 1 is 1.29 bits per heavy atom. The van der Waals surface area contributed by atoms with Crippen molar-refractivity contribution in [2.45, 2.75) is 26.8 Å². The number of nitrogens with one attached hydrogen (secondary N) is 1. The van der Waals surface area contributed by atoms with Crippen molar-refractivity contribution in [2.75, 3.05) is 5.32 Å². The molecule has 17 heavy (non-hydrogen) atoms. The second-order valence-electron chi connectivity index (χ2n) is 4.40. The van der Waals surface area contributed by atoms with Crippen molar-refractivity contribution in [1.29, 1.82) is 0 Å². The number of anilines is 1. The number of rotatable bonds is 3. The van der Waals surface area contributed by atoms with Gasteiger partial charge >= 0.3 is 0 Å². The summed E-state index contributed by atoms with van der Waals surface area (Å²) in [5, 5.41) is 7.77. The summed E-state index contributed by atoms with van der Waals surface area (Å²) < 4.78 is 1.84. The SMILES string of the molecule is Cc1ccc(NC(C)c2cn(C)nc2C)cn1. The van der Waals surface area contributed by atoms with Gasteiger partial charge in [-0.25, -0.2) is 0 Å². The summed E-state index contributed by atoms with van der Waals surface area (Å²) in [5.74, 6) is 0. The minimum Gasteiger partial charge on any atom is -0.377 e. The highest BCUT2D eigenvalue weighted by molar-refractivity contribution is 5.43. The minimum atomic E-state index is 0.230. The molecule has 0 saturated carbocycles. The van der Waals surface area contributed by atoms with Crippen molar-refractivity contribution in [3.05, 3.63) is 41.5 Å². The minimum absolute atomic E-state index is 0.230. The molecule has 0 aliphatic heterocycles. The Morgan fingerprint density at radius 2 is 2.06 bits per heavy atom. The third-order valence-electron chi connectivity index (χ3n) is 2.81. The van der Waals surface area contributed by atoms with E-state index in [9.17, 15) is 0 Å². The molecule has 90 valence electrons. The van der Waals surface area contributed by atoms with Gasteiger partial charge in [0.2, 0.25) is 0 Å². The van der Waals surface area contributed by atoms with Crippen molar-refractivity contribution in [1.82, 2.24) is 14.8 Å². The van der Waals surface area contributed by atoms with Gasteiger partial charge in [0, 0.05) is 24.5 Å². The van der Waals surface area contributed by atoms with Crippen LogP contribution in [0.5, 0.6) is 0 Å². The Morgan fingerprint density at radius 3 is 2.59 bits per heavy atom. The molecule has 2 aromatic rings. The van der Waals surface area contributed by atoms with Crippen molar-refractivity contribution in [2.24, 2.45) is 7.05 Å². The fourth-order valence-corrected chi connectivity index (χ4v) is 1.92. The largest absolute Gasteiger partial charge is 0.377 e. The van der Waals surface area contributed by atoms with Crippen molar-refractivity contribution in [3.8, 4) is 0 Å². The Hall–Kier alpha value is -1.84. The van der Waals surface area contributed by atoms with Crippen LogP contribution in [0.15, 0.2) is 24.5 Å². The molecule has 4 nitrogen and oxygen atoms in total. The predicted octanol–water partition coefficient (Wildman–Crippen LogP) is 2.61. The molecule has 2 aromatic heterocycles. The van der Waals surface area contributed by atoms with Crippen molar-refractivity contribution in [3.63, 3.8) is 0 Å². The first-order valence-electron chi connectivity index (χ1n) is 5.75. The van der Waals surface area contributed by atoms with Crippen LogP contribution in [0.2, 0.25) is 0 Å². The molecular formula is C13H18N4. The lowest BCUT2D eigenvalue weighted by molar-refractivity contribution is 0.756. The van der Waals surface area contributed by atoms with Crippen LogP contribution in [-0.4, -0.2) is 14.8 Å². The van der Waals surface area contributed by atoms with E-state index in [2.05, 4.69) is 28.5 Å². The van der Waals surface area contributed by atoms with Crippen LogP contribution in [0.25, 0.3) is 0 Å². The van der Waals surface area contributed by atoms with Gasteiger partial charge in [0.05, 0.1) is 23.6 Å². The number of pyridine rings is 1. The fourth-order valence-electron chi connectivity index (χ4n) is 1.92. The number of nitrogens with zero attached hydrogens (tertiary/aromatic N) is 3. The summed E-state index contributed by atoms with van der Waals surface area (Å²) >= 11 is 0. The topological polar surface area (TPSA) is 42.7 Å².